The highest BCUT2D eigenvalue weighted by Gasteiger charge is 2.26. The maximum Gasteiger partial charge on any atom is 0.241 e. The van der Waals surface area contributed by atoms with E-state index in [0.717, 1.165) is 37.2 Å². The number of amides is 1. The third-order valence-electron chi connectivity index (χ3n) is 5.14. The molecule has 3 aromatic rings. The third kappa shape index (κ3) is 4.46. The van der Waals surface area contributed by atoms with Gasteiger partial charge in [-0.3, -0.25) is 9.69 Å². The number of carbonyl (C=O) groups excluding carboxylic acids is 1. The zero-order valence-corrected chi connectivity index (χ0v) is 16.0. The Labute approximate surface area is 164 Å². The molecule has 1 aliphatic heterocycles. The van der Waals surface area contributed by atoms with Crippen molar-refractivity contribution in [2.45, 2.75) is 26.3 Å². The van der Waals surface area contributed by atoms with Crippen LogP contribution in [0, 0.1) is 12.8 Å². The fourth-order valence-electron chi connectivity index (χ4n) is 3.45. The number of carbonyl (C=O) groups is 1. The number of nitrogens with zero attached hydrogens (tertiary/aromatic N) is 3. The number of anilines is 1. The summed E-state index contributed by atoms with van der Waals surface area (Å²) in [4.78, 5) is 19.2. The van der Waals surface area contributed by atoms with Crippen molar-refractivity contribution in [2.24, 2.45) is 5.92 Å². The molecule has 1 aromatic heterocycles. The minimum absolute atomic E-state index is 0.0438. The summed E-state index contributed by atoms with van der Waals surface area (Å²) in [7, 11) is 0. The molecule has 0 atom stereocenters. The Morgan fingerprint density at radius 2 is 1.82 bits per heavy atom. The first-order chi connectivity index (χ1) is 13.7. The first kappa shape index (κ1) is 18.4. The highest BCUT2D eigenvalue weighted by Crippen LogP contribution is 2.22. The normalized spacial score (nSPS) is 15.5. The molecule has 4 rings (SSSR count). The van der Waals surface area contributed by atoms with Gasteiger partial charge >= 0.3 is 0 Å². The van der Waals surface area contributed by atoms with Crippen molar-refractivity contribution in [3.63, 3.8) is 0 Å². The fourth-order valence-corrected chi connectivity index (χ4v) is 3.45. The van der Waals surface area contributed by atoms with E-state index in [2.05, 4.69) is 27.3 Å². The minimum atomic E-state index is 0.0438. The van der Waals surface area contributed by atoms with Crippen molar-refractivity contribution >= 4 is 11.6 Å². The number of benzene rings is 2. The number of aromatic nitrogens is 2. The highest BCUT2D eigenvalue weighted by atomic mass is 16.5. The van der Waals surface area contributed by atoms with Crippen molar-refractivity contribution in [3.8, 4) is 11.4 Å². The number of hydrogen-bond donors (Lipinski definition) is 1. The van der Waals surface area contributed by atoms with Gasteiger partial charge in [-0.25, -0.2) is 0 Å². The van der Waals surface area contributed by atoms with E-state index < -0.39 is 0 Å². The molecule has 1 saturated heterocycles. The molecule has 0 saturated carbocycles. The van der Waals surface area contributed by atoms with Crippen LogP contribution in [0.4, 0.5) is 5.69 Å². The summed E-state index contributed by atoms with van der Waals surface area (Å²) in [6.07, 6.45) is 1.66. The zero-order chi connectivity index (χ0) is 19.3. The van der Waals surface area contributed by atoms with Gasteiger partial charge in [0.15, 0.2) is 0 Å². The standard InChI is InChI=1S/C22H24N4O2/c1-16-7-9-17(10-8-16)21-24-20(28-25-21)15-26-13-11-18(12-14-26)22(27)23-19-5-3-2-4-6-19/h2-10,18H,11-15H2,1H3,(H,23,27). The maximum atomic E-state index is 12.4. The van der Waals surface area contributed by atoms with Crippen LogP contribution >= 0.6 is 0 Å². The molecule has 28 heavy (non-hydrogen) atoms. The van der Waals surface area contributed by atoms with E-state index >= 15 is 0 Å². The molecule has 0 bridgehead atoms. The van der Waals surface area contributed by atoms with Gasteiger partial charge in [0.25, 0.3) is 0 Å². The number of piperidine rings is 1. The van der Waals surface area contributed by atoms with Crippen LogP contribution in [0.1, 0.15) is 24.3 Å². The molecule has 2 heterocycles. The summed E-state index contributed by atoms with van der Waals surface area (Å²) in [5, 5.41) is 7.10. The molecular weight excluding hydrogens is 352 g/mol. The van der Waals surface area contributed by atoms with E-state index in [0.29, 0.717) is 18.3 Å². The second kappa shape index (κ2) is 8.35. The SMILES string of the molecule is Cc1ccc(-c2noc(CN3CCC(C(=O)Nc4ccccc4)CC3)n2)cc1. The number of rotatable bonds is 5. The number of para-hydroxylation sites is 1. The van der Waals surface area contributed by atoms with Crippen LogP contribution in [0.2, 0.25) is 0 Å². The molecule has 0 radical (unpaired) electrons. The molecule has 2 aromatic carbocycles. The zero-order valence-electron chi connectivity index (χ0n) is 16.0. The summed E-state index contributed by atoms with van der Waals surface area (Å²) >= 11 is 0. The van der Waals surface area contributed by atoms with E-state index in [9.17, 15) is 4.79 Å². The van der Waals surface area contributed by atoms with E-state index in [4.69, 9.17) is 4.52 Å². The Bertz CT molecular complexity index is 913. The predicted octanol–water partition coefficient (Wildman–Crippen LogP) is 3.90. The smallest absolute Gasteiger partial charge is 0.241 e. The molecule has 144 valence electrons. The lowest BCUT2D eigenvalue weighted by molar-refractivity contribution is -0.121. The summed E-state index contributed by atoms with van der Waals surface area (Å²) in [6.45, 7) is 4.35. The van der Waals surface area contributed by atoms with Gasteiger partial charge in [0, 0.05) is 17.2 Å². The van der Waals surface area contributed by atoms with Gasteiger partial charge in [-0.1, -0.05) is 53.2 Å². The summed E-state index contributed by atoms with van der Waals surface area (Å²) in [5.74, 6) is 1.38. The lowest BCUT2D eigenvalue weighted by atomic mass is 9.96. The van der Waals surface area contributed by atoms with Crippen LogP contribution in [0.25, 0.3) is 11.4 Å². The van der Waals surface area contributed by atoms with Crippen molar-refractivity contribution in [1.82, 2.24) is 15.0 Å². The topological polar surface area (TPSA) is 71.3 Å². The fraction of sp³-hybridized carbons (Fsp3) is 0.318. The molecule has 1 aliphatic rings. The lowest BCUT2D eigenvalue weighted by Gasteiger charge is -2.30. The highest BCUT2D eigenvalue weighted by molar-refractivity contribution is 5.92. The van der Waals surface area contributed by atoms with Crippen molar-refractivity contribution in [2.75, 3.05) is 18.4 Å². The van der Waals surface area contributed by atoms with Gasteiger partial charge in [-0.2, -0.15) is 4.98 Å². The van der Waals surface area contributed by atoms with E-state index in [-0.39, 0.29) is 11.8 Å². The van der Waals surface area contributed by atoms with Crippen molar-refractivity contribution < 1.29 is 9.32 Å². The Balaban J connectivity index is 1.29. The van der Waals surface area contributed by atoms with Crippen molar-refractivity contribution in [3.05, 3.63) is 66.1 Å². The lowest BCUT2D eigenvalue weighted by Crippen LogP contribution is -2.37. The Morgan fingerprint density at radius 1 is 1.11 bits per heavy atom. The predicted molar refractivity (Wildman–Crippen MR) is 108 cm³/mol. The number of aryl methyl sites for hydroxylation is 1. The average molecular weight is 376 g/mol. The van der Waals surface area contributed by atoms with Crippen LogP contribution in [0.5, 0.6) is 0 Å². The quantitative estimate of drug-likeness (QED) is 0.731. The van der Waals surface area contributed by atoms with E-state index in [1.54, 1.807) is 0 Å². The van der Waals surface area contributed by atoms with Crippen LogP contribution in [0.3, 0.4) is 0 Å². The molecule has 0 aliphatic carbocycles. The molecular formula is C22H24N4O2. The molecule has 6 heteroatoms. The Hall–Kier alpha value is -2.99. The summed E-state index contributed by atoms with van der Waals surface area (Å²) in [5.41, 5.74) is 3.01. The van der Waals surface area contributed by atoms with Crippen molar-refractivity contribution in [1.29, 1.82) is 0 Å². The number of likely N-dealkylation sites (tertiary alicyclic amines) is 1. The van der Waals surface area contributed by atoms with Crippen LogP contribution in [-0.4, -0.2) is 34.0 Å². The monoisotopic (exact) mass is 376 g/mol. The van der Waals surface area contributed by atoms with E-state index in [1.165, 1.54) is 5.56 Å². The van der Waals surface area contributed by atoms with Gasteiger partial charge < -0.3 is 9.84 Å². The van der Waals surface area contributed by atoms with Crippen LogP contribution in [-0.2, 0) is 11.3 Å². The first-order valence-corrected chi connectivity index (χ1v) is 9.65. The Morgan fingerprint density at radius 3 is 2.54 bits per heavy atom. The number of hydrogen-bond acceptors (Lipinski definition) is 5. The maximum absolute atomic E-state index is 12.4. The molecule has 1 N–H and O–H groups in total. The Kier molecular flexibility index (Phi) is 5.48. The van der Waals surface area contributed by atoms with Gasteiger partial charge in [-0.05, 0) is 45.0 Å². The third-order valence-corrected chi connectivity index (χ3v) is 5.14. The second-order valence-electron chi connectivity index (χ2n) is 7.28. The number of nitrogens with one attached hydrogen (secondary N) is 1. The van der Waals surface area contributed by atoms with E-state index in [1.807, 2.05) is 54.6 Å². The van der Waals surface area contributed by atoms with Crippen LogP contribution in [0.15, 0.2) is 59.1 Å². The first-order valence-electron chi connectivity index (χ1n) is 9.65. The summed E-state index contributed by atoms with van der Waals surface area (Å²) < 4.78 is 5.42. The van der Waals surface area contributed by atoms with Gasteiger partial charge in [-0.15, -0.1) is 0 Å². The second-order valence-corrected chi connectivity index (χ2v) is 7.28. The van der Waals surface area contributed by atoms with Gasteiger partial charge in [0.1, 0.15) is 0 Å². The molecule has 0 unspecified atom stereocenters. The minimum Gasteiger partial charge on any atom is -0.338 e. The largest absolute Gasteiger partial charge is 0.338 e. The molecule has 1 fully saturated rings. The summed E-state index contributed by atoms with van der Waals surface area (Å²) in [6, 6.07) is 17.7. The molecule has 0 spiro atoms. The van der Waals surface area contributed by atoms with Gasteiger partial charge in [0.05, 0.1) is 6.54 Å². The van der Waals surface area contributed by atoms with Crippen LogP contribution < -0.4 is 5.32 Å². The van der Waals surface area contributed by atoms with Gasteiger partial charge in [0.2, 0.25) is 17.6 Å². The average Bonchev–Trinajstić information content (AvgIpc) is 3.18. The molecule has 6 nitrogen and oxygen atoms in total. The molecule has 1 amide bonds.